The standard InChI is InChI=1S/C31H26O.C15H20.C7H10.C6H6.C2H6/c1-4-21(2)19-22(3)23-15-17-24(18-16-23)25-9-7-10-26(20-25)27-12-8-13-29-28-11-5-6-14-30(28)32-31(27)29;1-5-6-7-8-13(3)15-10-9-12(2)11-14(15)4;1-3-5-7-6-4-2;1-2-4-6-5-3-1;1-2/h4-20H,1-3H3;7-11H,3,5-6H2,1-2,4H3;3-7H,1H2,2H3;1-6H;1-2H3/b21-4-,22-19+;8-7-;6-4-,7-5-;;. The van der Waals surface area contributed by atoms with Gasteiger partial charge in [0.05, 0.1) is 0 Å². The second kappa shape index (κ2) is 27.9. The lowest BCUT2D eigenvalue weighted by atomic mass is 9.96. The van der Waals surface area contributed by atoms with Gasteiger partial charge in [-0.1, -0.05) is 240 Å². The molecule has 0 bridgehead atoms. The highest BCUT2D eigenvalue weighted by Crippen LogP contribution is 2.37. The van der Waals surface area contributed by atoms with Crippen molar-refractivity contribution in [3.8, 4) is 22.3 Å². The normalized spacial score (nSPS) is 11.2. The van der Waals surface area contributed by atoms with E-state index in [0.717, 1.165) is 45.1 Å². The Hall–Kier alpha value is -6.70. The lowest BCUT2D eigenvalue weighted by Gasteiger charge is -2.08. The van der Waals surface area contributed by atoms with Crippen LogP contribution in [0.5, 0.6) is 0 Å². The number of furan rings is 1. The van der Waals surface area contributed by atoms with Gasteiger partial charge in [0, 0.05) is 16.3 Å². The van der Waals surface area contributed by atoms with E-state index < -0.39 is 0 Å². The van der Waals surface area contributed by atoms with E-state index in [1.165, 1.54) is 50.9 Å². The Balaban J connectivity index is 0.000000280. The van der Waals surface area contributed by atoms with Gasteiger partial charge in [-0.25, -0.2) is 0 Å². The number of benzene rings is 6. The maximum absolute atomic E-state index is 6.26. The first kappa shape index (κ1) is 49.7. The average molecular weight is 817 g/mol. The van der Waals surface area contributed by atoms with E-state index in [1.54, 1.807) is 6.08 Å². The molecule has 0 spiro atoms. The van der Waals surface area contributed by atoms with Gasteiger partial charge in [-0.05, 0) is 105 Å². The molecule has 318 valence electrons. The number of rotatable bonds is 10. The lowest BCUT2D eigenvalue weighted by Crippen LogP contribution is -1.86. The van der Waals surface area contributed by atoms with Crippen LogP contribution in [0.25, 0.3) is 55.3 Å². The van der Waals surface area contributed by atoms with E-state index in [2.05, 4.69) is 176 Å². The maximum Gasteiger partial charge on any atom is 0.143 e. The number of unbranched alkanes of at least 4 members (excludes halogenated alkanes) is 1. The molecule has 0 aliphatic carbocycles. The molecule has 0 N–H and O–H groups in total. The molecule has 0 saturated carbocycles. The average Bonchev–Trinajstić information content (AvgIpc) is 3.70. The molecule has 1 heterocycles. The van der Waals surface area contributed by atoms with Gasteiger partial charge in [0.2, 0.25) is 0 Å². The summed E-state index contributed by atoms with van der Waals surface area (Å²) in [6, 6.07) is 50.7. The lowest BCUT2D eigenvalue weighted by molar-refractivity contribution is 0.670. The molecule has 0 atom stereocenters. The summed E-state index contributed by atoms with van der Waals surface area (Å²) in [5.74, 6) is 0. The van der Waals surface area contributed by atoms with Crippen molar-refractivity contribution in [2.75, 3.05) is 0 Å². The van der Waals surface area contributed by atoms with E-state index in [1.807, 2.05) is 93.6 Å². The second-order valence-electron chi connectivity index (χ2n) is 14.6. The smallest absolute Gasteiger partial charge is 0.143 e. The largest absolute Gasteiger partial charge is 0.455 e. The van der Waals surface area contributed by atoms with Crippen LogP contribution in [0.15, 0.2) is 223 Å². The van der Waals surface area contributed by atoms with Gasteiger partial charge in [0.15, 0.2) is 0 Å². The number of hydrogen-bond acceptors (Lipinski definition) is 1. The Morgan fingerprint density at radius 1 is 0.645 bits per heavy atom. The van der Waals surface area contributed by atoms with Crippen LogP contribution < -0.4 is 0 Å². The van der Waals surface area contributed by atoms with Gasteiger partial charge in [0.1, 0.15) is 11.2 Å². The zero-order chi connectivity index (χ0) is 45.1. The minimum atomic E-state index is 0.929. The number of para-hydroxylation sites is 2. The first-order valence-electron chi connectivity index (χ1n) is 22.0. The molecule has 1 aromatic heterocycles. The summed E-state index contributed by atoms with van der Waals surface area (Å²) in [4.78, 5) is 0. The summed E-state index contributed by atoms with van der Waals surface area (Å²) in [6.07, 6.45) is 20.5. The highest BCUT2D eigenvalue weighted by Gasteiger charge is 2.12. The summed E-state index contributed by atoms with van der Waals surface area (Å²) < 4.78 is 6.26. The van der Waals surface area contributed by atoms with E-state index in [4.69, 9.17) is 4.42 Å². The maximum atomic E-state index is 6.26. The minimum absolute atomic E-state index is 0.929. The van der Waals surface area contributed by atoms with E-state index in [0.29, 0.717) is 0 Å². The van der Waals surface area contributed by atoms with Gasteiger partial charge in [-0.2, -0.15) is 0 Å². The molecule has 7 aromatic rings. The molecule has 0 saturated heterocycles. The third-order valence-electron chi connectivity index (χ3n) is 9.87. The molecular weight excluding hydrogens is 749 g/mol. The van der Waals surface area contributed by atoms with Crippen molar-refractivity contribution in [1.82, 2.24) is 0 Å². The molecule has 1 nitrogen and oxygen atoms in total. The molecular formula is C61H68O. The Bertz CT molecular complexity index is 2540. The Morgan fingerprint density at radius 3 is 1.92 bits per heavy atom. The minimum Gasteiger partial charge on any atom is -0.455 e. The van der Waals surface area contributed by atoms with E-state index >= 15 is 0 Å². The first-order valence-corrected chi connectivity index (χ1v) is 22.0. The van der Waals surface area contributed by atoms with Crippen LogP contribution in [-0.4, -0.2) is 0 Å². The molecule has 0 unspecified atom stereocenters. The van der Waals surface area contributed by atoms with Crippen molar-refractivity contribution < 1.29 is 4.42 Å². The van der Waals surface area contributed by atoms with Crippen LogP contribution in [0, 0.1) is 13.8 Å². The van der Waals surface area contributed by atoms with Gasteiger partial charge < -0.3 is 4.42 Å². The predicted octanol–water partition coefficient (Wildman–Crippen LogP) is 19.0. The van der Waals surface area contributed by atoms with Gasteiger partial charge in [-0.3, -0.25) is 0 Å². The van der Waals surface area contributed by atoms with E-state index in [9.17, 15) is 0 Å². The fraction of sp³-hybridized carbons (Fsp3) is 0.180. The molecule has 0 amide bonds. The van der Waals surface area contributed by atoms with Gasteiger partial charge in [0.25, 0.3) is 0 Å². The van der Waals surface area contributed by atoms with Crippen LogP contribution in [0.3, 0.4) is 0 Å². The Morgan fingerprint density at radius 2 is 1.29 bits per heavy atom. The predicted molar refractivity (Wildman–Crippen MR) is 279 cm³/mol. The van der Waals surface area contributed by atoms with Crippen molar-refractivity contribution in [1.29, 1.82) is 0 Å². The van der Waals surface area contributed by atoms with Crippen LogP contribution in [0.4, 0.5) is 0 Å². The SMILES string of the molecule is C/C=C(C)\C=C(/C)c1ccc(-c2cccc(-c3cccc4c3oc3ccccc34)c2)cc1.C=C(/C=C\CCC)c1ccc(C)cc1C.C=C/C=C\C=C/C.CC.c1ccccc1. The Labute approximate surface area is 374 Å². The number of aryl methyl sites for hydroxylation is 2. The molecule has 0 fully saturated rings. The fourth-order valence-electron chi connectivity index (χ4n) is 6.57. The van der Waals surface area contributed by atoms with Crippen molar-refractivity contribution in [3.05, 3.63) is 241 Å². The van der Waals surface area contributed by atoms with Crippen LogP contribution in [0.2, 0.25) is 0 Å². The fourth-order valence-corrected chi connectivity index (χ4v) is 6.57. The summed E-state index contributed by atoms with van der Waals surface area (Å²) in [5.41, 5.74) is 15.4. The number of fused-ring (bicyclic) bond motifs is 3. The Kier molecular flexibility index (Phi) is 22.4. The molecule has 0 aliphatic heterocycles. The number of allylic oxidation sites excluding steroid dienone is 12. The van der Waals surface area contributed by atoms with Crippen molar-refractivity contribution >= 4 is 33.1 Å². The zero-order valence-corrected chi connectivity index (χ0v) is 38.8. The van der Waals surface area contributed by atoms with Crippen molar-refractivity contribution in [2.45, 2.75) is 75.2 Å². The van der Waals surface area contributed by atoms with Crippen LogP contribution in [-0.2, 0) is 0 Å². The summed E-state index contributed by atoms with van der Waals surface area (Å²) in [6.45, 7) is 26.4. The van der Waals surface area contributed by atoms with Crippen molar-refractivity contribution in [3.63, 3.8) is 0 Å². The highest BCUT2D eigenvalue weighted by molar-refractivity contribution is 6.09. The molecule has 62 heavy (non-hydrogen) atoms. The first-order chi connectivity index (χ1) is 30.2. The summed E-state index contributed by atoms with van der Waals surface area (Å²) >= 11 is 0. The van der Waals surface area contributed by atoms with Crippen LogP contribution >= 0.6 is 0 Å². The molecule has 0 radical (unpaired) electrons. The highest BCUT2D eigenvalue weighted by atomic mass is 16.3. The van der Waals surface area contributed by atoms with Gasteiger partial charge >= 0.3 is 0 Å². The third kappa shape index (κ3) is 15.7. The van der Waals surface area contributed by atoms with Crippen molar-refractivity contribution in [2.24, 2.45) is 0 Å². The molecule has 6 aromatic carbocycles. The summed E-state index contributed by atoms with van der Waals surface area (Å²) in [7, 11) is 0. The van der Waals surface area contributed by atoms with E-state index in [-0.39, 0.29) is 0 Å². The van der Waals surface area contributed by atoms with Crippen LogP contribution in [0.1, 0.15) is 83.6 Å². The summed E-state index contributed by atoms with van der Waals surface area (Å²) in [5, 5.41) is 2.32. The topological polar surface area (TPSA) is 13.1 Å². The van der Waals surface area contributed by atoms with Gasteiger partial charge in [-0.15, -0.1) is 0 Å². The quantitative estimate of drug-likeness (QED) is 0.125. The molecule has 0 aliphatic rings. The number of hydrogen-bond donors (Lipinski definition) is 0. The monoisotopic (exact) mass is 817 g/mol. The molecule has 1 heteroatoms. The second-order valence-corrected chi connectivity index (χ2v) is 14.6. The third-order valence-corrected chi connectivity index (χ3v) is 9.87. The molecule has 7 rings (SSSR count). The zero-order valence-electron chi connectivity index (χ0n) is 38.8.